The predicted molar refractivity (Wildman–Crippen MR) is 185 cm³/mol. The number of aliphatic hydroxyl groups is 2. The molecule has 0 aromatic heterocycles. The molecule has 5 nitrogen and oxygen atoms in total. The Morgan fingerprint density at radius 1 is 0.867 bits per heavy atom. The second kappa shape index (κ2) is 16.2. The molecule has 7 heteroatoms. The van der Waals surface area contributed by atoms with Gasteiger partial charge in [-0.3, -0.25) is 0 Å². The highest BCUT2D eigenvalue weighted by Gasteiger charge is 2.50. The molecule has 0 heterocycles. The fraction of sp³-hybridized carbons (Fsp3) is 0.289. The molecule has 4 rings (SSSR count). The second-order valence-electron chi connectivity index (χ2n) is 12.2. The van der Waals surface area contributed by atoms with E-state index in [1.165, 1.54) is 12.1 Å². The molecule has 0 aliphatic heterocycles. The lowest BCUT2D eigenvalue weighted by molar-refractivity contribution is 0.0279. The fourth-order valence-corrected chi connectivity index (χ4v) is 10.4. The van der Waals surface area contributed by atoms with Gasteiger partial charge in [0.1, 0.15) is 5.75 Å². The van der Waals surface area contributed by atoms with Gasteiger partial charge in [0.25, 0.3) is 8.32 Å². The van der Waals surface area contributed by atoms with Crippen molar-refractivity contribution in [3.8, 4) is 5.75 Å². The molecule has 3 N–H and O–H groups in total. The molecule has 0 saturated heterocycles. The molecular formula is C38H43ClO5Si. The standard InChI is InChI=1S/C38H43ClO5Si/c1-38(2,3)45(33-17-9-5-10-18-33,34-19-11-6-12-20-34)44-27-30(24-32(41)28-43-26-29-14-7-4-8-15-29)16-13-21-37(42)35-23-22-31(40)25-36(35)39/h4-15,17-20,22-23,25,32,37,40-42H,21,24,26-28H2,1-3H3/t16?,32-,37-/m1/s1. The van der Waals surface area contributed by atoms with Crippen LogP contribution in [0.3, 0.4) is 0 Å². The van der Waals surface area contributed by atoms with Crippen LogP contribution in [0.2, 0.25) is 10.1 Å². The van der Waals surface area contributed by atoms with Gasteiger partial charge in [-0.2, -0.15) is 0 Å². The molecule has 0 spiro atoms. The smallest absolute Gasteiger partial charge is 0.261 e. The normalized spacial score (nSPS) is 13.1. The quantitative estimate of drug-likeness (QED) is 0.101. The number of hydrogen-bond donors (Lipinski definition) is 3. The lowest BCUT2D eigenvalue weighted by atomic mass is 10.1. The summed E-state index contributed by atoms with van der Waals surface area (Å²) in [5.74, 6) is 0.0395. The van der Waals surface area contributed by atoms with Crippen molar-refractivity contribution in [1.29, 1.82) is 0 Å². The summed E-state index contributed by atoms with van der Waals surface area (Å²) in [6.45, 7) is 7.49. The minimum atomic E-state index is -2.84. The number of halogens is 1. The van der Waals surface area contributed by atoms with Gasteiger partial charge in [0, 0.05) is 12.8 Å². The van der Waals surface area contributed by atoms with Crippen molar-refractivity contribution in [1.82, 2.24) is 0 Å². The molecule has 0 amide bonds. The van der Waals surface area contributed by atoms with Crippen LogP contribution in [0, 0.1) is 0 Å². The van der Waals surface area contributed by atoms with Crippen molar-refractivity contribution >= 4 is 30.3 Å². The van der Waals surface area contributed by atoms with E-state index in [1.807, 2.05) is 42.5 Å². The maximum Gasteiger partial charge on any atom is 0.261 e. The number of benzene rings is 4. The number of phenols is 1. The minimum Gasteiger partial charge on any atom is -0.508 e. The van der Waals surface area contributed by atoms with Gasteiger partial charge in [-0.05, 0) is 50.3 Å². The van der Waals surface area contributed by atoms with Gasteiger partial charge < -0.3 is 24.5 Å². The number of phenolic OH excluding ortho intramolecular Hbond substituents is 1. The Morgan fingerprint density at radius 3 is 2.00 bits per heavy atom. The van der Waals surface area contributed by atoms with Crippen LogP contribution < -0.4 is 10.4 Å². The highest BCUT2D eigenvalue weighted by Crippen LogP contribution is 2.37. The number of aliphatic hydroxyl groups excluding tert-OH is 2. The zero-order valence-corrected chi connectivity index (χ0v) is 28.0. The van der Waals surface area contributed by atoms with Crippen molar-refractivity contribution in [3.05, 3.63) is 143 Å². The van der Waals surface area contributed by atoms with E-state index in [0.29, 0.717) is 23.6 Å². The van der Waals surface area contributed by atoms with Gasteiger partial charge in [0.15, 0.2) is 0 Å². The monoisotopic (exact) mass is 642 g/mol. The Labute approximate surface area is 273 Å². The maximum atomic E-state index is 11.0. The summed E-state index contributed by atoms with van der Waals surface area (Å²) in [4.78, 5) is 0. The van der Waals surface area contributed by atoms with Crippen LogP contribution in [-0.4, -0.2) is 43.0 Å². The van der Waals surface area contributed by atoms with Gasteiger partial charge in [-0.15, -0.1) is 5.73 Å². The summed E-state index contributed by atoms with van der Waals surface area (Å²) in [5, 5.41) is 34.0. The van der Waals surface area contributed by atoms with Gasteiger partial charge in [0.05, 0.1) is 37.1 Å². The first-order valence-corrected chi connectivity index (χ1v) is 17.5. The van der Waals surface area contributed by atoms with Crippen LogP contribution in [-0.2, 0) is 15.8 Å². The van der Waals surface area contributed by atoms with Gasteiger partial charge in [0.2, 0.25) is 0 Å². The van der Waals surface area contributed by atoms with E-state index >= 15 is 0 Å². The van der Waals surface area contributed by atoms with Crippen LogP contribution >= 0.6 is 11.6 Å². The summed E-state index contributed by atoms with van der Waals surface area (Å²) < 4.78 is 13.0. The van der Waals surface area contributed by atoms with Crippen LogP contribution in [0.4, 0.5) is 0 Å². The first-order valence-electron chi connectivity index (χ1n) is 15.2. The average Bonchev–Trinajstić information content (AvgIpc) is 3.02. The van der Waals surface area contributed by atoms with E-state index in [4.69, 9.17) is 20.8 Å². The fourth-order valence-electron chi connectivity index (χ4n) is 5.58. The molecular weight excluding hydrogens is 600 g/mol. The van der Waals surface area contributed by atoms with Gasteiger partial charge >= 0.3 is 0 Å². The van der Waals surface area contributed by atoms with E-state index in [9.17, 15) is 15.3 Å². The molecule has 0 aliphatic carbocycles. The van der Waals surface area contributed by atoms with Crippen LogP contribution in [0.15, 0.2) is 127 Å². The van der Waals surface area contributed by atoms with Crippen LogP contribution in [0.5, 0.6) is 5.75 Å². The predicted octanol–water partition coefficient (Wildman–Crippen LogP) is 7.10. The summed E-state index contributed by atoms with van der Waals surface area (Å²) >= 11 is 6.26. The highest BCUT2D eigenvalue weighted by molar-refractivity contribution is 6.99. The largest absolute Gasteiger partial charge is 0.508 e. The zero-order chi connectivity index (χ0) is 32.3. The van der Waals surface area contributed by atoms with Crippen molar-refractivity contribution in [2.75, 3.05) is 13.2 Å². The summed E-state index contributed by atoms with van der Waals surface area (Å²) in [6, 6.07) is 35.2. The zero-order valence-electron chi connectivity index (χ0n) is 26.2. The molecule has 0 bridgehead atoms. The van der Waals surface area contributed by atoms with Crippen molar-refractivity contribution in [3.63, 3.8) is 0 Å². The van der Waals surface area contributed by atoms with Gasteiger partial charge in [-0.25, -0.2) is 0 Å². The topological polar surface area (TPSA) is 79.2 Å². The highest BCUT2D eigenvalue weighted by atomic mass is 35.5. The molecule has 236 valence electrons. The molecule has 4 aromatic rings. The summed E-state index contributed by atoms with van der Waals surface area (Å²) in [5.41, 5.74) is 5.66. The Kier molecular flexibility index (Phi) is 12.4. The number of hydrogen-bond acceptors (Lipinski definition) is 5. The van der Waals surface area contributed by atoms with E-state index in [0.717, 1.165) is 21.5 Å². The lowest BCUT2D eigenvalue weighted by Gasteiger charge is -2.43. The van der Waals surface area contributed by atoms with Crippen molar-refractivity contribution < 1.29 is 24.5 Å². The average molecular weight is 643 g/mol. The van der Waals surface area contributed by atoms with Crippen molar-refractivity contribution in [2.45, 2.75) is 57.5 Å². The maximum absolute atomic E-state index is 11.0. The Morgan fingerprint density at radius 2 is 1.44 bits per heavy atom. The molecule has 0 radical (unpaired) electrons. The van der Waals surface area contributed by atoms with E-state index in [2.05, 4.69) is 75.0 Å². The molecule has 2 atom stereocenters. The summed E-state index contributed by atoms with van der Waals surface area (Å²) in [6.07, 6.45) is 0.635. The minimum absolute atomic E-state index is 0.0395. The molecule has 0 fully saturated rings. The van der Waals surface area contributed by atoms with Crippen molar-refractivity contribution in [2.24, 2.45) is 0 Å². The van der Waals surface area contributed by atoms with E-state index in [1.54, 1.807) is 12.1 Å². The lowest BCUT2D eigenvalue weighted by Crippen LogP contribution is -2.66. The number of ether oxygens (including phenoxy) is 1. The number of aromatic hydroxyl groups is 1. The Balaban J connectivity index is 1.61. The third kappa shape index (κ3) is 9.29. The van der Waals surface area contributed by atoms with Gasteiger partial charge in [-0.1, -0.05) is 129 Å². The molecule has 4 aromatic carbocycles. The Bertz CT molecular complexity index is 1510. The first-order chi connectivity index (χ1) is 21.6. The molecule has 45 heavy (non-hydrogen) atoms. The number of rotatable bonds is 14. The SMILES string of the molecule is CC(C)(C)[Si](OCC(=C=CC[C@@H](O)c1ccc(O)cc1Cl)C[C@@H](O)COCc1ccccc1)(c1ccccc1)c1ccccc1. The molecule has 0 unspecified atom stereocenters. The summed E-state index contributed by atoms with van der Waals surface area (Å²) in [7, 11) is -2.84. The second-order valence-corrected chi connectivity index (χ2v) is 16.9. The van der Waals surface area contributed by atoms with E-state index < -0.39 is 20.5 Å². The third-order valence-electron chi connectivity index (χ3n) is 7.77. The van der Waals surface area contributed by atoms with Crippen LogP contribution in [0.25, 0.3) is 0 Å². The Hall–Kier alpha value is -3.45. The van der Waals surface area contributed by atoms with Crippen LogP contribution in [0.1, 0.15) is 50.8 Å². The molecule has 0 aliphatic rings. The molecule has 0 saturated carbocycles. The first kappa shape index (κ1) is 34.4. The van der Waals surface area contributed by atoms with E-state index in [-0.39, 0.29) is 30.4 Å². The third-order valence-corrected chi connectivity index (χ3v) is 13.1.